The monoisotopic (exact) mass is 254 g/mol. The second-order valence-electron chi connectivity index (χ2n) is 2.79. The Hall–Kier alpha value is -1.29. The lowest BCUT2D eigenvalue weighted by Crippen LogP contribution is -2.01. The van der Waals surface area contributed by atoms with E-state index in [-0.39, 0.29) is 12.2 Å². The molecule has 0 N–H and O–H groups in total. The van der Waals surface area contributed by atoms with Crippen molar-refractivity contribution in [3.05, 3.63) is 46.7 Å². The first-order chi connectivity index (χ1) is 6.77. The minimum atomic E-state index is -0.0272. The summed E-state index contributed by atoms with van der Waals surface area (Å²) >= 11 is 3.15. The Morgan fingerprint density at radius 2 is 2.14 bits per heavy atom. The SMILES string of the molecule is O=C(Cc1ccco1)c1ccoc1Br. The standard InChI is InChI=1S/C10H7BrO3/c11-10-8(3-5-14-10)9(12)6-7-2-1-4-13-7/h1-5H,6H2. The number of furan rings is 2. The van der Waals surface area contributed by atoms with Gasteiger partial charge in [0.25, 0.3) is 0 Å². The molecule has 0 amide bonds. The van der Waals surface area contributed by atoms with Crippen molar-refractivity contribution in [2.45, 2.75) is 6.42 Å². The average molecular weight is 255 g/mol. The van der Waals surface area contributed by atoms with Crippen LogP contribution in [0.5, 0.6) is 0 Å². The molecule has 0 aliphatic rings. The van der Waals surface area contributed by atoms with Crippen LogP contribution in [0.2, 0.25) is 0 Å². The first-order valence-electron chi connectivity index (χ1n) is 4.06. The molecular weight excluding hydrogens is 248 g/mol. The summed E-state index contributed by atoms with van der Waals surface area (Å²) in [4.78, 5) is 11.6. The van der Waals surface area contributed by atoms with Gasteiger partial charge in [-0.1, -0.05) is 0 Å². The lowest BCUT2D eigenvalue weighted by molar-refractivity contribution is 0.0985. The van der Waals surface area contributed by atoms with Crippen molar-refractivity contribution in [2.75, 3.05) is 0 Å². The van der Waals surface area contributed by atoms with Crippen LogP contribution in [0.1, 0.15) is 16.1 Å². The highest BCUT2D eigenvalue weighted by molar-refractivity contribution is 9.10. The summed E-state index contributed by atoms with van der Waals surface area (Å²) in [6.45, 7) is 0. The van der Waals surface area contributed by atoms with E-state index in [1.165, 1.54) is 6.26 Å². The van der Waals surface area contributed by atoms with Crippen LogP contribution in [-0.4, -0.2) is 5.78 Å². The normalized spacial score (nSPS) is 10.4. The van der Waals surface area contributed by atoms with Crippen LogP contribution in [-0.2, 0) is 6.42 Å². The summed E-state index contributed by atoms with van der Waals surface area (Å²) in [6, 6.07) is 5.16. The van der Waals surface area contributed by atoms with Crippen LogP contribution in [0.3, 0.4) is 0 Å². The summed E-state index contributed by atoms with van der Waals surface area (Å²) in [5, 5.41) is 0. The Kier molecular flexibility index (Phi) is 2.54. The number of carbonyl (C=O) groups is 1. The Bertz CT molecular complexity index is 428. The van der Waals surface area contributed by atoms with Crippen LogP contribution >= 0.6 is 15.9 Å². The molecule has 0 radical (unpaired) electrons. The molecule has 72 valence electrons. The highest BCUT2D eigenvalue weighted by atomic mass is 79.9. The molecule has 0 aliphatic heterocycles. The van der Waals surface area contributed by atoms with Crippen LogP contribution in [0.4, 0.5) is 0 Å². The van der Waals surface area contributed by atoms with Gasteiger partial charge in [-0.3, -0.25) is 4.79 Å². The van der Waals surface area contributed by atoms with E-state index in [1.807, 2.05) is 0 Å². The number of halogens is 1. The minimum absolute atomic E-state index is 0.0272. The van der Waals surface area contributed by atoms with Gasteiger partial charge in [0.2, 0.25) is 0 Å². The minimum Gasteiger partial charge on any atom is -0.469 e. The van der Waals surface area contributed by atoms with Gasteiger partial charge in [0.1, 0.15) is 5.76 Å². The summed E-state index contributed by atoms with van der Waals surface area (Å²) in [7, 11) is 0. The predicted molar refractivity (Wildman–Crippen MR) is 53.2 cm³/mol. The van der Waals surface area contributed by atoms with E-state index in [0.29, 0.717) is 16.0 Å². The Morgan fingerprint density at radius 3 is 2.71 bits per heavy atom. The fourth-order valence-corrected chi connectivity index (χ4v) is 1.62. The second-order valence-corrected chi connectivity index (χ2v) is 3.51. The maximum absolute atomic E-state index is 11.6. The molecule has 0 fully saturated rings. The lowest BCUT2D eigenvalue weighted by Gasteiger charge is -1.94. The van der Waals surface area contributed by atoms with Gasteiger partial charge in [0.05, 0.1) is 24.5 Å². The fraction of sp³-hybridized carbons (Fsp3) is 0.100. The quantitative estimate of drug-likeness (QED) is 0.791. The molecule has 0 atom stereocenters. The van der Waals surface area contributed by atoms with E-state index in [0.717, 1.165) is 0 Å². The molecule has 0 unspecified atom stereocenters. The molecule has 0 aliphatic carbocycles. The van der Waals surface area contributed by atoms with E-state index in [2.05, 4.69) is 15.9 Å². The van der Waals surface area contributed by atoms with E-state index >= 15 is 0 Å². The second kappa shape index (κ2) is 3.84. The number of Topliss-reactive ketones (excluding diaryl/α,β-unsaturated/α-hetero) is 1. The Balaban J connectivity index is 2.14. The Labute approximate surface area is 88.8 Å². The predicted octanol–water partition coefficient (Wildman–Crippen LogP) is 3.06. The molecular formula is C10H7BrO3. The summed E-state index contributed by atoms with van der Waals surface area (Å²) in [5.74, 6) is 0.628. The fourth-order valence-electron chi connectivity index (χ4n) is 1.16. The van der Waals surface area contributed by atoms with Gasteiger partial charge in [-0.2, -0.15) is 0 Å². The number of hydrogen-bond donors (Lipinski definition) is 0. The van der Waals surface area contributed by atoms with Crippen molar-refractivity contribution in [3.8, 4) is 0 Å². The van der Waals surface area contributed by atoms with Crippen molar-refractivity contribution in [1.82, 2.24) is 0 Å². The van der Waals surface area contributed by atoms with Crippen LogP contribution in [0.15, 0.2) is 44.2 Å². The zero-order chi connectivity index (χ0) is 9.97. The number of carbonyl (C=O) groups excluding carboxylic acids is 1. The molecule has 0 spiro atoms. The van der Waals surface area contributed by atoms with Gasteiger partial charge in [-0.15, -0.1) is 0 Å². The molecule has 3 nitrogen and oxygen atoms in total. The first kappa shape index (κ1) is 9.27. The van der Waals surface area contributed by atoms with Crippen molar-refractivity contribution in [3.63, 3.8) is 0 Å². The van der Waals surface area contributed by atoms with Crippen LogP contribution in [0, 0.1) is 0 Å². The maximum Gasteiger partial charge on any atom is 0.179 e. The highest BCUT2D eigenvalue weighted by Crippen LogP contribution is 2.19. The van der Waals surface area contributed by atoms with Crippen LogP contribution < -0.4 is 0 Å². The molecule has 0 saturated carbocycles. The van der Waals surface area contributed by atoms with Crippen molar-refractivity contribution in [1.29, 1.82) is 0 Å². The molecule has 0 bridgehead atoms. The molecule has 4 heteroatoms. The molecule has 2 aromatic rings. The smallest absolute Gasteiger partial charge is 0.179 e. The van der Waals surface area contributed by atoms with Gasteiger partial charge in [-0.25, -0.2) is 0 Å². The third kappa shape index (κ3) is 1.80. The molecule has 0 aromatic carbocycles. The van der Waals surface area contributed by atoms with Crippen molar-refractivity contribution < 1.29 is 13.6 Å². The van der Waals surface area contributed by atoms with Gasteiger partial charge in [0.15, 0.2) is 10.5 Å². The maximum atomic E-state index is 11.6. The van der Waals surface area contributed by atoms with Crippen LogP contribution in [0.25, 0.3) is 0 Å². The van der Waals surface area contributed by atoms with E-state index < -0.39 is 0 Å². The molecule has 2 aromatic heterocycles. The van der Waals surface area contributed by atoms with E-state index in [4.69, 9.17) is 8.83 Å². The van der Waals surface area contributed by atoms with Gasteiger partial charge in [0, 0.05) is 0 Å². The first-order valence-corrected chi connectivity index (χ1v) is 4.85. The number of rotatable bonds is 3. The zero-order valence-corrected chi connectivity index (χ0v) is 8.78. The largest absolute Gasteiger partial charge is 0.469 e. The van der Waals surface area contributed by atoms with Gasteiger partial charge < -0.3 is 8.83 Å². The van der Waals surface area contributed by atoms with Crippen molar-refractivity contribution >= 4 is 21.7 Å². The third-order valence-corrected chi connectivity index (χ3v) is 2.45. The van der Waals surface area contributed by atoms with Crippen molar-refractivity contribution in [2.24, 2.45) is 0 Å². The molecule has 14 heavy (non-hydrogen) atoms. The summed E-state index contributed by atoms with van der Waals surface area (Å²) < 4.78 is 10.5. The van der Waals surface area contributed by atoms with E-state index in [1.54, 1.807) is 24.5 Å². The summed E-state index contributed by atoms with van der Waals surface area (Å²) in [5.41, 5.74) is 0.543. The highest BCUT2D eigenvalue weighted by Gasteiger charge is 2.14. The average Bonchev–Trinajstić information content (AvgIpc) is 2.75. The number of hydrogen-bond acceptors (Lipinski definition) is 3. The Morgan fingerprint density at radius 1 is 1.29 bits per heavy atom. The molecule has 0 saturated heterocycles. The molecule has 2 heterocycles. The third-order valence-electron chi connectivity index (χ3n) is 1.83. The zero-order valence-electron chi connectivity index (χ0n) is 7.20. The topological polar surface area (TPSA) is 43.4 Å². The summed E-state index contributed by atoms with van der Waals surface area (Å²) in [6.07, 6.45) is 3.28. The number of ketones is 1. The van der Waals surface area contributed by atoms with Gasteiger partial charge in [-0.05, 0) is 34.1 Å². The molecule has 2 rings (SSSR count). The van der Waals surface area contributed by atoms with Gasteiger partial charge >= 0.3 is 0 Å². The lowest BCUT2D eigenvalue weighted by atomic mass is 10.1. The van der Waals surface area contributed by atoms with E-state index in [9.17, 15) is 4.79 Å².